The summed E-state index contributed by atoms with van der Waals surface area (Å²) < 4.78 is 0. The zero-order valence-corrected chi connectivity index (χ0v) is 14.0. The highest BCUT2D eigenvalue weighted by atomic mass is 16.2. The summed E-state index contributed by atoms with van der Waals surface area (Å²) in [5.41, 5.74) is 2.12. The van der Waals surface area contributed by atoms with E-state index < -0.39 is 6.04 Å². The third kappa shape index (κ3) is 4.02. The molecule has 0 aromatic heterocycles. The van der Waals surface area contributed by atoms with Crippen LogP contribution in [0.5, 0.6) is 0 Å². The SMILES string of the molecule is O=CC1C(=O)[C@H](Cc2ccccc2)CN1C(=O)CCc1ccccc1. The lowest BCUT2D eigenvalue weighted by atomic mass is 9.96. The maximum absolute atomic E-state index is 12.5. The predicted octanol–water partition coefficient (Wildman–Crippen LogP) is 2.46. The number of rotatable bonds is 6. The number of benzene rings is 2. The molecule has 25 heavy (non-hydrogen) atoms. The number of carbonyl (C=O) groups excluding carboxylic acids is 3. The van der Waals surface area contributed by atoms with Gasteiger partial charge in [0.05, 0.1) is 0 Å². The topological polar surface area (TPSA) is 54.5 Å². The second-order valence-corrected chi connectivity index (χ2v) is 6.40. The molecular formula is C21H21NO3. The lowest BCUT2D eigenvalue weighted by molar-refractivity contribution is -0.137. The van der Waals surface area contributed by atoms with E-state index in [2.05, 4.69) is 0 Å². The molecule has 2 aromatic carbocycles. The second kappa shape index (κ2) is 7.88. The molecule has 2 atom stereocenters. The summed E-state index contributed by atoms with van der Waals surface area (Å²) in [7, 11) is 0. The maximum Gasteiger partial charge on any atom is 0.223 e. The van der Waals surface area contributed by atoms with Gasteiger partial charge in [0.15, 0.2) is 5.78 Å². The normalized spacial score (nSPS) is 19.8. The summed E-state index contributed by atoms with van der Waals surface area (Å²) in [6, 6.07) is 18.5. The Balaban J connectivity index is 1.65. The molecular weight excluding hydrogens is 314 g/mol. The predicted molar refractivity (Wildman–Crippen MR) is 95.0 cm³/mol. The Kier molecular flexibility index (Phi) is 5.39. The van der Waals surface area contributed by atoms with E-state index in [0.717, 1.165) is 11.1 Å². The number of hydrogen-bond acceptors (Lipinski definition) is 3. The molecule has 1 fully saturated rings. The van der Waals surface area contributed by atoms with Gasteiger partial charge in [-0.2, -0.15) is 0 Å². The highest BCUT2D eigenvalue weighted by Crippen LogP contribution is 2.23. The zero-order valence-electron chi connectivity index (χ0n) is 14.0. The number of Topliss-reactive ketones (excluding diaryl/α,β-unsaturated/α-hetero) is 1. The van der Waals surface area contributed by atoms with Crippen molar-refractivity contribution in [3.63, 3.8) is 0 Å². The maximum atomic E-state index is 12.5. The van der Waals surface area contributed by atoms with Gasteiger partial charge in [-0.05, 0) is 24.0 Å². The summed E-state index contributed by atoms with van der Waals surface area (Å²) in [6.45, 7) is 0.324. The quantitative estimate of drug-likeness (QED) is 0.602. The summed E-state index contributed by atoms with van der Waals surface area (Å²) in [6.07, 6.45) is 2.08. The summed E-state index contributed by atoms with van der Waals surface area (Å²) in [4.78, 5) is 37.9. The van der Waals surface area contributed by atoms with Crippen molar-refractivity contribution >= 4 is 18.0 Å². The second-order valence-electron chi connectivity index (χ2n) is 6.40. The Morgan fingerprint density at radius 3 is 2.20 bits per heavy atom. The number of carbonyl (C=O) groups is 3. The molecule has 1 heterocycles. The highest BCUT2D eigenvalue weighted by molar-refractivity contribution is 6.04. The summed E-state index contributed by atoms with van der Waals surface area (Å²) in [5.74, 6) is -0.588. The van der Waals surface area contributed by atoms with E-state index in [-0.39, 0.29) is 17.6 Å². The molecule has 1 aliphatic heterocycles. The molecule has 0 aliphatic carbocycles. The Hall–Kier alpha value is -2.75. The van der Waals surface area contributed by atoms with Crippen molar-refractivity contribution in [2.45, 2.75) is 25.3 Å². The van der Waals surface area contributed by atoms with E-state index in [1.807, 2.05) is 60.7 Å². The number of ketones is 1. The van der Waals surface area contributed by atoms with Gasteiger partial charge >= 0.3 is 0 Å². The van der Waals surface area contributed by atoms with Crippen LogP contribution in [0.3, 0.4) is 0 Å². The molecule has 128 valence electrons. The van der Waals surface area contributed by atoms with Crippen LogP contribution in [0.15, 0.2) is 60.7 Å². The number of nitrogens with zero attached hydrogens (tertiary/aromatic N) is 1. The first-order valence-corrected chi connectivity index (χ1v) is 8.55. The molecule has 1 saturated heterocycles. The smallest absolute Gasteiger partial charge is 0.223 e. The fraction of sp³-hybridized carbons (Fsp3) is 0.286. The average molecular weight is 335 g/mol. The van der Waals surface area contributed by atoms with Crippen LogP contribution in [0, 0.1) is 5.92 Å². The monoisotopic (exact) mass is 335 g/mol. The van der Waals surface area contributed by atoms with Crippen LogP contribution in [0.1, 0.15) is 17.5 Å². The van der Waals surface area contributed by atoms with Crippen LogP contribution in [0.2, 0.25) is 0 Å². The van der Waals surface area contributed by atoms with E-state index in [1.165, 1.54) is 4.90 Å². The fourth-order valence-corrected chi connectivity index (χ4v) is 3.34. The Labute approximate surface area is 147 Å². The Bertz CT molecular complexity index is 742. The van der Waals surface area contributed by atoms with Crippen molar-refractivity contribution < 1.29 is 14.4 Å². The van der Waals surface area contributed by atoms with Crippen LogP contribution in [-0.4, -0.2) is 35.5 Å². The Morgan fingerprint density at radius 2 is 1.60 bits per heavy atom. The van der Waals surface area contributed by atoms with E-state index in [4.69, 9.17) is 0 Å². The van der Waals surface area contributed by atoms with Crippen molar-refractivity contribution in [1.82, 2.24) is 4.90 Å². The van der Waals surface area contributed by atoms with Gasteiger partial charge in [-0.15, -0.1) is 0 Å². The van der Waals surface area contributed by atoms with Crippen molar-refractivity contribution in [2.75, 3.05) is 6.54 Å². The van der Waals surface area contributed by atoms with Gasteiger partial charge in [0.2, 0.25) is 5.91 Å². The minimum atomic E-state index is -0.933. The molecule has 3 rings (SSSR count). The van der Waals surface area contributed by atoms with Gasteiger partial charge in [0.1, 0.15) is 12.3 Å². The molecule has 0 saturated carbocycles. The van der Waals surface area contributed by atoms with Crippen LogP contribution >= 0.6 is 0 Å². The largest absolute Gasteiger partial charge is 0.325 e. The third-order valence-corrected chi connectivity index (χ3v) is 4.69. The summed E-state index contributed by atoms with van der Waals surface area (Å²) >= 11 is 0. The first kappa shape index (κ1) is 17.1. The first-order valence-electron chi connectivity index (χ1n) is 8.55. The molecule has 1 unspecified atom stereocenters. The molecule has 0 radical (unpaired) electrons. The lowest BCUT2D eigenvalue weighted by Crippen LogP contribution is -2.39. The van der Waals surface area contributed by atoms with E-state index in [0.29, 0.717) is 32.1 Å². The van der Waals surface area contributed by atoms with Crippen molar-refractivity contribution in [3.05, 3.63) is 71.8 Å². The molecule has 0 N–H and O–H groups in total. The first-order chi connectivity index (χ1) is 12.2. The molecule has 1 aliphatic rings. The Morgan fingerprint density at radius 1 is 1.00 bits per heavy atom. The van der Waals surface area contributed by atoms with Crippen LogP contribution in [0.4, 0.5) is 0 Å². The molecule has 0 bridgehead atoms. The highest BCUT2D eigenvalue weighted by Gasteiger charge is 2.42. The molecule has 4 heteroatoms. The molecule has 1 amide bonds. The van der Waals surface area contributed by atoms with E-state index in [1.54, 1.807) is 0 Å². The van der Waals surface area contributed by atoms with Crippen molar-refractivity contribution in [3.8, 4) is 0 Å². The van der Waals surface area contributed by atoms with Crippen molar-refractivity contribution in [2.24, 2.45) is 5.92 Å². The summed E-state index contributed by atoms with van der Waals surface area (Å²) in [5, 5.41) is 0. The van der Waals surface area contributed by atoms with Gasteiger partial charge in [-0.3, -0.25) is 9.59 Å². The van der Waals surface area contributed by atoms with Gasteiger partial charge in [-0.1, -0.05) is 60.7 Å². The standard InChI is InChI=1S/C21H21NO3/c23-15-19-21(25)18(13-17-9-5-2-6-10-17)14-22(19)20(24)12-11-16-7-3-1-4-8-16/h1-10,15,18-19H,11-14H2/t18-,19?/m1/s1. The van der Waals surface area contributed by atoms with Gasteiger partial charge in [-0.25, -0.2) is 0 Å². The zero-order chi connectivity index (χ0) is 17.6. The lowest BCUT2D eigenvalue weighted by Gasteiger charge is -2.19. The number of amides is 1. The van der Waals surface area contributed by atoms with Crippen LogP contribution in [0.25, 0.3) is 0 Å². The van der Waals surface area contributed by atoms with Crippen LogP contribution in [-0.2, 0) is 27.2 Å². The minimum absolute atomic E-state index is 0.134. The fourth-order valence-electron chi connectivity index (χ4n) is 3.34. The molecule has 2 aromatic rings. The number of hydrogen-bond donors (Lipinski definition) is 0. The number of aryl methyl sites for hydroxylation is 1. The number of aldehydes is 1. The van der Waals surface area contributed by atoms with E-state index >= 15 is 0 Å². The van der Waals surface area contributed by atoms with Crippen molar-refractivity contribution in [1.29, 1.82) is 0 Å². The van der Waals surface area contributed by atoms with E-state index in [9.17, 15) is 14.4 Å². The third-order valence-electron chi connectivity index (χ3n) is 4.69. The van der Waals surface area contributed by atoms with Crippen LogP contribution < -0.4 is 0 Å². The minimum Gasteiger partial charge on any atom is -0.325 e. The number of likely N-dealkylation sites (tertiary alicyclic amines) is 1. The van der Waals surface area contributed by atoms with Gasteiger partial charge < -0.3 is 9.69 Å². The van der Waals surface area contributed by atoms with Gasteiger partial charge in [0, 0.05) is 18.9 Å². The molecule has 0 spiro atoms. The van der Waals surface area contributed by atoms with Gasteiger partial charge in [0.25, 0.3) is 0 Å². The molecule has 4 nitrogen and oxygen atoms in total. The average Bonchev–Trinajstić information content (AvgIpc) is 2.97.